The van der Waals surface area contributed by atoms with E-state index in [0.717, 1.165) is 72.4 Å². The molecule has 1 aromatic heterocycles. The number of aliphatic imine (C=N–C) groups is 2. The number of furan rings is 1. The molecule has 9 aromatic rings. The lowest BCUT2D eigenvalue weighted by Crippen LogP contribution is -2.36. The smallest absolute Gasteiger partial charge is 0.171 e. The van der Waals surface area contributed by atoms with Crippen LogP contribution in [0, 0.1) is 0 Å². The number of benzene rings is 8. The van der Waals surface area contributed by atoms with Crippen molar-refractivity contribution in [1.29, 1.82) is 0 Å². The molecule has 1 atom stereocenters. The number of nitrogens with zero attached hydrogens (tertiary/aromatic N) is 2. The first kappa shape index (κ1) is 29.2. The zero-order valence-corrected chi connectivity index (χ0v) is 27.6. The summed E-state index contributed by atoms with van der Waals surface area (Å²) in [5.74, 6) is 1.55. The van der Waals surface area contributed by atoms with Gasteiger partial charge in [0.05, 0.1) is 0 Å². The van der Waals surface area contributed by atoms with Crippen molar-refractivity contribution >= 4 is 55.2 Å². The van der Waals surface area contributed by atoms with E-state index >= 15 is 0 Å². The second kappa shape index (κ2) is 12.0. The average molecular weight is 654 g/mol. The molecule has 0 saturated heterocycles. The van der Waals surface area contributed by atoms with Crippen molar-refractivity contribution in [3.8, 4) is 22.3 Å². The maximum atomic E-state index is 6.46. The zero-order chi connectivity index (χ0) is 33.7. The molecule has 4 nitrogen and oxygen atoms in total. The van der Waals surface area contributed by atoms with Gasteiger partial charge in [-0.05, 0) is 68.1 Å². The van der Waals surface area contributed by atoms with Crippen LogP contribution >= 0.6 is 0 Å². The van der Waals surface area contributed by atoms with Gasteiger partial charge in [-0.2, -0.15) is 0 Å². The highest BCUT2D eigenvalue weighted by Gasteiger charge is 2.27. The molecule has 0 amide bonds. The summed E-state index contributed by atoms with van der Waals surface area (Å²) in [6.45, 7) is 0. The van der Waals surface area contributed by atoms with Crippen molar-refractivity contribution in [3.63, 3.8) is 0 Å². The number of rotatable bonds is 5. The monoisotopic (exact) mass is 653 g/mol. The van der Waals surface area contributed by atoms with Crippen molar-refractivity contribution in [1.82, 2.24) is 5.32 Å². The zero-order valence-electron chi connectivity index (χ0n) is 27.6. The van der Waals surface area contributed by atoms with Gasteiger partial charge in [0, 0.05) is 27.5 Å². The Bertz CT molecular complexity index is 2830. The van der Waals surface area contributed by atoms with E-state index in [1.165, 1.54) is 21.7 Å². The van der Waals surface area contributed by atoms with E-state index in [1.807, 2.05) is 18.2 Å². The van der Waals surface area contributed by atoms with Crippen LogP contribution in [0.2, 0.25) is 0 Å². The lowest BCUT2D eigenvalue weighted by molar-refractivity contribution is 0.667. The number of amidine groups is 2. The van der Waals surface area contributed by atoms with Gasteiger partial charge in [0.25, 0.3) is 0 Å². The van der Waals surface area contributed by atoms with Crippen molar-refractivity contribution in [2.75, 3.05) is 0 Å². The van der Waals surface area contributed by atoms with Gasteiger partial charge in [-0.1, -0.05) is 152 Å². The van der Waals surface area contributed by atoms with E-state index in [-0.39, 0.29) is 0 Å². The first-order valence-corrected chi connectivity index (χ1v) is 17.3. The fraction of sp³-hybridized carbons (Fsp3) is 0.0213. The summed E-state index contributed by atoms with van der Waals surface area (Å²) in [6, 6.07) is 61.7. The Labute approximate surface area is 295 Å². The van der Waals surface area contributed by atoms with Crippen LogP contribution in [0.15, 0.2) is 190 Å². The summed E-state index contributed by atoms with van der Waals surface area (Å²) < 4.78 is 6.46. The van der Waals surface area contributed by atoms with Crippen LogP contribution in [0.25, 0.3) is 65.7 Å². The Kier molecular flexibility index (Phi) is 6.85. The minimum atomic E-state index is -0.553. The molecular formula is C47H31N3O. The average Bonchev–Trinajstić information content (AvgIpc) is 3.59. The van der Waals surface area contributed by atoms with Gasteiger partial charge in [-0.15, -0.1) is 0 Å². The molecule has 1 N–H and O–H groups in total. The molecular weight excluding hydrogens is 623 g/mol. The molecule has 8 aromatic carbocycles. The fourth-order valence-electron chi connectivity index (χ4n) is 7.38. The minimum absolute atomic E-state index is 0.553. The van der Waals surface area contributed by atoms with Gasteiger partial charge in [-0.25, -0.2) is 9.98 Å². The number of fused-ring (bicyclic) bond motifs is 5. The van der Waals surface area contributed by atoms with E-state index in [9.17, 15) is 0 Å². The van der Waals surface area contributed by atoms with Gasteiger partial charge in [0.1, 0.15) is 22.8 Å². The number of hydrogen-bond acceptors (Lipinski definition) is 4. The lowest BCUT2D eigenvalue weighted by atomic mass is 9.92. The summed E-state index contributed by atoms with van der Waals surface area (Å²) in [7, 11) is 0. The van der Waals surface area contributed by atoms with Crippen LogP contribution in [0.3, 0.4) is 0 Å². The molecule has 0 radical (unpaired) electrons. The predicted molar refractivity (Wildman–Crippen MR) is 211 cm³/mol. The van der Waals surface area contributed by atoms with E-state index < -0.39 is 6.17 Å². The van der Waals surface area contributed by atoms with Crippen LogP contribution in [0.4, 0.5) is 0 Å². The van der Waals surface area contributed by atoms with Gasteiger partial charge in [0.2, 0.25) is 0 Å². The summed E-state index contributed by atoms with van der Waals surface area (Å²) in [4.78, 5) is 10.9. The highest BCUT2D eigenvalue weighted by atomic mass is 16.3. The van der Waals surface area contributed by atoms with E-state index in [0.29, 0.717) is 0 Å². The second-order valence-corrected chi connectivity index (χ2v) is 13.0. The molecule has 1 unspecified atom stereocenters. The molecule has 1 aliphatic heterocycles. The SMILES string of the molecule is c1ccc(-c2ccc(C3=NC(c4c(-c5ccc6ccccc6c5)ccc5oc6ccccc6c45)N=C(c4ccc5ccccc5c4)N3)cc2)cc1. The van der Waals surface area contributed by atoms with E-state index in [2.05, 4.69) is 163 Å². The molecule has 0 saturated carbocycles. The quantitative estimate of drug-likeness (QED) is 0.201. The van der Waals surface area contributed by atoms with E-state index in [1.54, 1.807) is 0 Å². The van der Waals surface area contributed by atoms with Crippen molar-refractivity contribution in [2.24, 2.45) is 9.98 Å². The summed E-state index contributed by atoms with van der Waals surface area (Å²) in [6.07, 6.45) is -0.553. The number of hydrogen-bond donors (Lipinski definition) is 1. The Morgan fingerprint density at radius 2 is 0.961 bits per heavy atom. The molecule has 0 fully saturated rings. The largest absolute Gasteiger partial charge is 0.456 e. The van der Waals surface area contributed by atoms with Gasteiger partial charge in [-0.3, -0.25) is 0 Å². The Morgan fingerprint density at radius 3 is 1.71 bits per heavy atom. The Morgan fingerprint density at radius 1 is 0.412 bits per heavy atom. The molecule has 51 heavy (non-hydrogen) atoms. The van der Waals surface area contributed by atoms with Gasteiger partial charge >= 0.3 is 0 Å². The molecule has 0 spiro atoms. The van der Waals surface area contributed by atoms with Crippen LogP contribution in [0.1, 0.15) is 22.9 Å². The van der Waals surface area contributed by atoms with Crippen molar-refractivity contribution in [2.45, 2.75) is 6.17 Å². The third kappa shape index (κ3) is 5.17. The number of nitrogens with one attached hydrogen (secondary N) is 1. The van der Waals surface area contributed by atoms with Gasteiger partial charge < -0.3 is 9.73 Å². The standard InChI is InChI=1S/C47H31N3O/c1-2-10-30(11-3-1)33-18-22-34(23-19-33)45-48-46(38-25-21-32-13-5-7-15-36(32)29-38)50-47(49-45)44-39(37-24-20-31-12-4-6-14-35(31)28-37)26-27-42-43(44)40-16-8-9-17-41(40)51-42/h1-29,47H,(H,48,49,50). The molecule has 10 rings (SSSR count). The second-order valence-electron chi connectivity index (χ2n) is 13.0. The van der Waals surface area contributed by atoms with Gasteiger partial charge in [0.15, 0.2) is 6.17 Å². The molecule has 0 bridgehead atoms. The topological polar surface area (TPSA) is 49.9 Å². The molecule has 2 heterocycles. The summed E-state index contributed by atoms with van der Waals surface area (Å²) in [5.41, 5.74) is 9.20. The minimum Gasteiger partial charge on any atom is -0.456 e. The molecule has 1 aliphatic rings. The predicted octanol–water partition coefficient (Wildman–Crippen LogP) is 11.7. The normalized spacial score (nSPS) is 14.5. The summed E-state index contributed by atoms with van der Waals surface area (Å²) >= 11 is 0. The molecule has 4 heteroatoms. The maximum Gasteiger partial charge on any atom is 0.171 e. The number of para-hydroxylation sites is 1. The van der Waals surface area contributed by atoms with Crippen molar-refractivity contribution in [3.05, 3.63) is 193 Å². The van der Waals surface area contributed by atoms with Crippen LogP contribution < -0.4 is 5.32 Å². The highest BCUT2D eigenvalue weighted by Crippen LogP contribution is 2.43. The third-order valence-corrected chi connectivity index (χ3v) is 9.93. The van der Waals surface area contributed by atoms with Crippen LogP contribution in [-0.4, -0.2) is 11.7 Å². The first-order valence-electron chi connectivity index (χ1n) is 17.3. The van der Waals surface area contributed by atoms with Crippen molar-refractivity contribution < 1.29 is 4.42 Å². The van der Waals surface area contributed by atoms with Crippen LogP contribution in [-0.2, 0) is 0 Å². The summed E-state index contributed by atoms with van der Waals surface area (Å²) in [5, 5.41) is 10.5. The lowest BCUT2D eigenvalue weighted by Gasteiger charge is -2.25. The van der Waals surface area contributed by atoms with Crippen LogP contribution in [0.5, 0.6) is 0 Å². The fourth-order valence-corrected chi connectivity index (χ4v) is 7.38. The maximum absolute atomic E-state index is 6.46. The Hall–Kier alpha value is -6.78. The third-order valence-electron chi connectivity index (χ3n) is 9.93. The van der Waals surface area contributed by atoms with E-state index in [4.69, 9.17) is 14.4 Å². The molecule has 240 valence electrons. The molecule has 0 aliphatic carbocycles. The highest BCUT2D eigenvalue weighted by molar-refractivity contribution is 6.17. The Balaban J connectivity index is 1.21. The first-order chi connectivity index (χ1) is 25.2.